The number of nitrogens with one attached hydrogen (secondary N) is 2. The van der Waals surface area contributed by atoms with Crippen molar-refractivity contribution in [2.24, 2.45) is 10.8 Å². The highest BCUT2D eigenvalue weighted by atomic mass is 16.2. The summed E-state index contributed by atoms with van der Waals surface area (Å²) in [5.74, 6) is 0.214. The normalized spacial score (nSPS) is 31.2. The first-order valence-corrected chi connectivity index (χ1v) is 7.31. The molecule has 0 bridgehead atoms. The van der Waals surface area contributed by atoms with Gasteiger partial charge in [0, 0.05) is 6.04 Å². The molecular formula is C15H28N2O. The van der Waals surface area contributed by atoms with Crippen molar-refractivity contribution >= 4 is 5.91 Å². The van der Waals surface area contributed by atoms with Gasteiger partial charge in [-0.2, -0.15) is 0 Å². The van der Waals surface area contributed by atoms with Gasteiger partial charge in [-0.15, -0.1) is 0 Å². The SMILES string of the molecule is CC1(C)CC(NC(=O)[C@@H]2CCCN2)CC(C)(C)C1. The molecule has 0 unspecified atom stereocenters. The van der Waals surface area contributed by atoms with Gasteiger partial charge in [-0.25, -0.2) is 0 Å². The fraction of sp³-hybridized carbons (Fsp3) is 0.933. The van der Waals surface area contributed by atoms with E-state index in [1.807, 2.05) is 0 Å². The topological polar surface area (TPSA) is 41.1 Å². The quantitative estimate of drug-likeness (QED) is 0.792. The first kappa shape index (κ1) is 13.9. The number of carbonyl (C=O) groups is 1. The lowest BCUT2D eigenvalue weighted by atomic mass is 9.63. The molecule has 1 aliphatic carbocycles. The zero-order valence-corrected chi connectivity index (χ0v) is 12.3. The summed E-state index contributed by atoms with van der Waals surface area (Å²) in [5.41, 5.74) is 0.672. The number of rotatable bonds is 2. The summed E-state index contributed by atoms with van der Waals surface area (Å²) in [6.07, 6.45) is 5.57. The van der Waals surface area contributed by atoms with Gasteiger partial charge in [0.2, 0.25) is 5.91 Å². The summed E-state index contributed by atoms with van der Waals surface area (Å²) in [6.45, 7) is 10.3. The van der Waals surface area contributed by atoms with E-state index in [4.69, 9.17) is 0 Å². The number of hydrogen-bond donors (Lipinski definition) is 2. The molecule has 1 aliphatic heterocycles. The molecule has 1 atom stereocenters. The lowest BCUT2D eigenvalue weighted by Gasteiger charge is -2.45. The van der Waals surface area contributed by atoms with Gasteiger partial charge in [-0.1, -0.05) is 27.7 Å². The number of carbonyl (C=O) groups excluding carboxylic acids is 1. The predicted molar refractivity (Wildman–Crippen MR) is 74.4 cm³/mol. The molecule has 1 amide bonds. The van der Waals surface area contributed by atoms with Crippen LogP contribution in [0.2, 0.25) is 0 Å². The van der Waals surface area contributed by atoms with E-state index in [-0.39, 0.29) is 11.9 Å². The van der Waals surface area contributed by atoms with Crippen molar-refractivity contribution in [3.8, 4) is 0 Å². The van der Waals surface area contributed by atoms with Crippen molar-refractivity contribution in [3.63, 3.8) is 0 Å². The van der Waals surface area contributed by atoms with Crippen LogP contribution in [0.15, 0.2) is 0 Å². The average Bonchev–Trinajstić information content (AvgIpc) is 2.63. The van der Waals surface area contributed by atoms with Crippen molar-refractivity contribution in [1.29, 1.82) is 0 Å². The van der Waals surface area contributed by atoms with E-state index in [0.717, 1.165) is 32.2 Å². The van der Waals surface area contributed by atoms with E-state index in [0.29, 0.717) is 16.9 Å². The third kappa shape index (κ3) is 3.47. The maximum absolute atomic E-state index is 12.2. The molecule has 0 aromatic carbocycles. The molecule has 0 radical (unpaired) electrons. The van der Waals surface area contributed by atoms with Gasteiger partial charge in [0.05, 0.1) is 6.04 Å². The van der Waals surface area contributed by atoms with Crippen LogP contribution >= 0.6 is 0 Å². The van der Waals surface area contributed by atoms with Crippen molar-refractivity contribution in [1.82, 2.24) is 10.6 Å². The van der Waals surface area contributed by atoms with Gasteiger partial charge < -0.3 is 10.6 Å². The van der Waals surface area contributed by atoms with E-state index in [9.17, 15) is 4.79 Å². The highest BCUT2D eigenvalue weighted by molar-refractivity contribution is 5.82. The molecular weight excluding hydrogens is 224 g/mol. The van der Waals surface area contributed by atoms with Crippen LogP contribution in [0.5, 0.6) is 0 Å². The Morgan fingerprint density at radius 2 is 1.78 bits per heavy atom. The van der Waals surface area contributed by atoms with Crippen LogP contribution in [0.3, 0.4) is 0 Å². The molecule has 0 spiro atoms. The zero-order chi connectivity index (χ0) is 13.4. The molecule has 2 aliphatic rings. The van der Waals surface area contributed by atoms with E-state index >= 15 is 0 Å². The molecule has 1 saturated heterocycles. The molecule has 0 aromatic heterocycles. The van der Waals surface area contributed by atoms with Crippen LogP contribution in [0.25, 0.3) is 0 Å². The molecule has 18 heavy (non-hydrogen) atoms. The Hall–Kier alpha value is -0.570. The van der Waals surface area contributed by atoms with Crippen molar-refractivity contribution in [2.75, 3.05) is 6.54 Å². The summed E-state index contributed by atoms with van der Waals surface area (Å²) >= 11 is 0. The first-order valence-electron chi connectivity index (χ1n) is 7.31. The summed E-state index contributed by atoms with van der Waals surface area (Å²) in [5, 5.41) is 6.55. The van der Waals surface area contributed by atoms with Crippen molar-refractivity contribution < 1.29 is 4.79 Å². The molecule has 0 aromatic rings. The summed E-state index contributed by atoms with van der Waals surface area (Å²) in [6, 6.07) is 0.400. The first-order chi connectivity index (χ1) is 8.27. The third-order valence-corrected chi connectivity index (χ3v) is 4.28. The molecule has 3 nitrogen and oxygen atoms in total. The molecule has 1 heterocycles. The molecule has 2 rings (SSSR count). The Morgan fingerprint density at radius 3 is 2.28 bits per heavy atom. The van der Waals surface area contributed by atoms with Gasteiger partial charge in [-0.05, 0) is 49.5 Å². The number of hydrogen-bond acceptors (Lipinski definition) is 2. The maximum Gasteiger partial charge on any atom is 0.237 e. The van der Waals surface area contributed by atoms with Crippen molar-refractivity contribution in [2.45, 2.75) is 71.9 Å². The van der Waals surface area contributed by atoms with Gasteiger partial charge >= 0.3 is 0 Å². The van der Waals surface area contributed by atoms with Crippen LogP contribution in [0.1, 0.15) is 59.8 Å². The minimum Gasteiger partial charge on any atom is -0.352 e. The van der Waals surface area contributed by atoms with Crippen LogP contribution in [0.4, 0.5) is 0 Å². The zero-order valence-electron chi connectivity index (χ0n) is 12.3. The maximum atomic E-state index is 12.2. The minimum absolute atomic E-state index is 0.0538. The van der Waals surface area contributed by atoms with E-state index in [1.54, 1.807) is 0 Å². The van der Waals surface area contributed by atoms with Gasteiger partial charge in [-0.3, -0.25) is 4.79 Å². The Morgan fingerprint density at radius 1 is 1.17 bits per heavy atom. The molecule has 104 valence electrons. The van der Waals surface area contributed by atoms with Gasteiger partial charge in [0.25, 0.3) is 0 Å². The largest absolute Gasteiger partial charge is 0.352 e. The average molecular weight is 252 g/mol. The van der Waals surface area contributed by atoms with Crippen molar-refractivity contribution in [3.05, 3.63) is 0 Å². The van der Waals surface area contributed by atoms with E-state index in [2.05, 4.69) is 38.3 Å². The Labute approximate surface area is 111 Å². The second-order valence-electron chi connectivity index (χ2n) is 7.77. The number of amides is 1. The molecule has 2 N–H and O–H groups in total. The predicted octanol–water partition coefficient (Wildman–Crippen LogP) is 2.46. The van der Waals surface area contributed by atoms with Crippen LogP contribution < -0.4 is 10.6 Å². The molecule has 2 fully saturated rings. The van der Waals surface area contributed by atoms with E-state index in [1.165, 1.54) is 6.42 Å². The highest BCUT2D eigenvalue weighted by Crippen LogP contribution is 2.45. The summed E-state index contributed by atoms with van der Waals surface area (Å²) < 4.78 is 0. The molecule has 1 saturated carbocycles. The van der Waals surface area contributed by atoms with E-state index < -0.39 is 0 Å². The molecule has 3 heteroatoms. The van der Waals surface area contributed by atoms with Gasteiger partial charge in [0.15, 0.2) is 0 Å². The monoisotopic (exact) mass is 252 g/mol. The lowest BCUT2D eigenvalue weighted by Crippen LogP contribution is -2.50. The second kappa shape index (κ2) is 4.84. The second-order valence-corrected chi connectivity index (χ2v) is 7.77. The third-order valence-electron chi connectivity index (χ3n) is 4.28. The minimum atomic E-state index is 0.0538. The Kier molecular flexibility index (Phi) is 3.72. The standard InChI is InChI=1S/C15H28N2O/c1-14(2)8-11(9-15(3,4)10-14)17-13(18)12-6-5-7-16-12/h11-12,16H,5-10H2,1-4H3,(H,17,18)/t12-/m0/s1. The Balaban J connectivity index is 1.94. The smallest absolute Gasteiger partial charge is 0.237 e. The van der Waals surface area contributed by atoms with Gasteiger partial charge in [0.1, 0.15) is 0 Å². The van der Waals surface area contributed by atoms with Crippen LogP contribution in [-0.2, 0) is 4.79 Å². The summed E-state index contributed by atoms with van der Waals surface area (Å²) in [7, 11) is 0. The fourth-order valence-corrected chi connectivity index (χ4v) is 4.16. The highest BCUT2D eigenvalue weighted by Gasteiger charge is 2.39. The van der Waals surface area contributed by atoms with Crippen LogP contribution in [-0.4, -0.2) is 24.5 Å². The summed E-state index contributed by atoms with van der Waals surface area (Å²) in [4.78, 5) is 12.2. The fourth-order valence-electron chi connectivity index (χ4n) is 4.16. The van der Waals surface area contributed by atoms with Crippen LogP contribution in [0, 0.1) is 10.8 Å². The lowest BCUT2D eigenvalue weighted by molar-refractivity contribution is -0.124. The Bertz CT molecular complexity index is 300.